The number of ether oxygens (including phenoxy) is 1. The van der Waals surface area contributed by atoms with Gasteiger partial charge in [-0.3, -0.25) is 9.88 Å². The van der Waals surface area contributed by atoms with Crippen LogP contribution in [-0.4, -0.2) is 70.6 Å². The van der Waals surface area contributed by atoms with Gasteiger partial charge in [0.15, 0.2) is 0 Å². The second-order valence-corrected chi connectivity index (χ2v) is 9.55. The average molecular weight is 539 g/mol. The number of hydrazone groups is 1. The third-order valence-corrected chi connectivity index (χ3v) is 6.42. The number of rotatable bonds is 11. The highest BCUT2D eigenvalue weighted by molar-refractivity contribution is 5.78. The van der Waals surface area contributed by atoms with Gasteiger partial charge in [-0.25, -0.2) is 10.4 Å². The molecule has 0 atom stereocenters. The summed E-state index contributed by atoms with van der Waals surface area (Å²) in [5.41, 5.74) is 8.26. The van der Waals surface area contributed by atoms with Crippen LogP contribution in [0.5, 0.6) is 5.75 Å². The van der Waals surface area contributed by atoms with Crippen LogP contribution < -0.4 is 16.1 Å². The predicted molar refractivity (Wildman–Crippen MR) is 159 cm³/mol. The summed E-state index contributed by atoms with van der Waals surface area (Å²) in [6, 6.07) is 21.0. The minimum Gasteiger partial charge on any atom is -0.508 e. The first-order valence-electron chi connectivity index (χ1n) is 13.4. The molecule has 0 amide bonds. The Hall–Kier alpha value is -4.54. The van der Waals surface area contributed by atoms with Crippen molar-refractivity contribution < 1.29 is 9.84 Å². The van der Waals surface area contributed by atoms with Gasteiger partial charge in [-0.15, -0.1) is 0 Å². The van der Waals surface area contributed by atoms with Gasteiger partial charge in [0.25, 0.3) is 0 Å². The van der Waals surface area contributed by atoms with Gasteiger partial charge in [-0.2, -0.15) is 10.1 Å². The summed E-state index contributed by atoms with van der Waals surface area (Å²) in [5.74, 6) is 1.46. The molecule has 3 heterocycles. The van der Waals surface area contributed by atoms with Gasteiger partial charge >= 0.3 is 0 Å². The number of nitrogens with zero attached hydrogens (tertiary/aromatic N) is 5. The first-order chi connectivity index (χ1) is 19.6. The minimum absolute atomic E-state index is 0.253. The second-order valence-electron chi connectivity index (χ2n) is 9.55. The van der Waals surface area contributed by atoms with E-state index in [-0.39, 0.29) is 5.75 Å². The fraction of sp³-hybridized carbons (Fsp3) is 0.267. The SMILES string of the molecule is Cc1cc(NCCCN2CCOCC2)nc(N/N=C/c2ccc(Nc3ccc(-c4cccc(O)c4)cc3)cn2)n1. The number of morpholine rings is 1. The third-order valence-electron chi connectivity index (χ3n) is 6.42. The van der Waals surface area contributed by atoms with Gasteiger partial charge in [0.1, 0.15) is 11.6 Å². The molecule has 10 nitrogen and oxygen atoms in total. The zero-order valence-corrected chi connectivity index (χ0v) is 22.5. The van der Waals surface area contributed by atoms with Gasteiger partial charge in [-0.05, 0) is 67.4 Å². The topological polar surface area (TPSA) is 120 Å². The van der Waals surface area contributed by atoms with Crippen LogP contribution in [0.25, 0.3) is 11.1 Å². The molecule has 2 aromatic carbocycles. The Labute approximate surface area is 234 Å². The second kappa shape index (κ2) is 13.5. The molecule has 0 spiro atoms. The summed E-state index contributed by atoms with van der Waals surface area (Å²) < 4.78 is 5.40. The van der Waals surface area contributed by atoms with Crippen molar-refractivity contribution in [1.29, 1.82) is 0 Å². The van der Waals surface area contributed by atoms with Crippen molar-refractivity contribution in [2.24, 2.45) is 5.10 Å². The summed E-state index contributed by atoms with van der Waals surface area (Å²) in [6.45, 7) is 7.46. The first-order valence-corrected chi connectivity index (χ1v) is 13.4. The standard InChI is InChI=1S/C30H34N8O2/c1-22-18-29(31-12-3-13-38-14-16-40-17-15-38)36-30(34-22)37-33-21-26-10-11-27(20-32-26)35-25-8-6-23(7-9-25)24-4-2-5-28(39)19-24/h2,4-11,18-21,35,39H,3,12-17H2,1H3,(H2,31,34,36,37)/b33-21+. The maximum absolute atomic E-state index is 9.71. The van der Waals surface area contributed by atoms with Crippen molar-refractivity contribution in [3.05, 3.63) is 84.3 Å². The van der Waals surface area contributed by atoms with E-state index in [0.717, 1.165) is 79.8 Å². The molecular weight excluding hydrogens is 504 g/mol. The molecule has 0 unspecified atom stereocenters. The van der Waals surface area contributed by atoms with Crippen LogP contribution in [0.15, 0.2) is 78.0 Å². The Morgan fingerprint density at radius 3 is 2.58 bits per heavy atom. The number of phenolic OH excluding ortho intramolecular Hbond substituents is 1. The fourth-order valence-electron chi connectivity index (χ4n) is 4.36. The molecule has 0 aliphatic carbocycles. The summed E-state index contributed by atoms with van der Waals surface area (Å²) in [7, 11) is 0. The van der Waals surface area contributed by atoms with Crippen molar-refractivity contribution in [3.8, 4) is 16.9 Å². The number of aryl methyl sites for hydroxylation is 1. The monoisotopic (exact) mass is 538 g/mol. The van der Waals surface area contributed by atoms with E-state index in [9.17, 15) is 5.11 Å². The highest BCUT2D eigenvalue weighted by atomic mass is 16.5. The molecule has 4 N–H and O–H groups in total. The number of aromatic hydroxyl groups is 1. The largest absolute Gasteiger partial charge is 0.508 e. The van der Waals surface area contributed by atoms with Crippen molar-refractivity contribution >= 4 is 29.4 Å². The third kappa shape index (κ3) is 7.98. The highest BCUT2D eigenvalue weighted by Gasteiger charge is 2.09. The van der Waals surface area contributed by atoms with Crippen LogP contribution in [0.3, 0.4) is 0 Å². The van der Waals surface area contributed by atoms with E-state index in [1.165, 1.54) is 0 Å². The molecule has 10 heteroatoms. The van der Waals surface area contributed by atoms with Crippen LogP contribution in [0.4, 0.5) is 23.1 Å². The molecule has 206 valence electrons. The molecule has 1 aliphatic rings. The van der Waals surface area contributed by atoms with E-state index in [1.807, 2.05) is 61.5 Å². The van der Waals surface area contributed by atoms with Crippen molar-refractivity contribution in [2.45, 2.75) is 13.3 Å². The van der Waals surface area contributed by atoms with E-state index in [0.29, 0.717) is 11.6 Å². The molecule has 1 saturated heterocycles. The lowest BCUT2D eigenvalue weighted by Crippen LogP contribution is -2.37. The number of anilines is 4. The smallest absolute Gasteiger partial charge is 0.245 e. The Morgan fingerprint density at radius 1 is 0.975 bits per heavy atom. The quantitative estimate of drug-likeness (QED) is 0.120. The van der Waals surface area contributed by atoms with Gasteiger partial charge in [0, 0.05) is 37.1 Å². The highest BCUT2D eigenvalue weighted by Crippen LogP contribution is 2.25. The van der Waals surface area contributed by atoms with Gasteiger partial charge in [0.2, 0.25) is 5.95 Å². The lowest BCUT2D eigenvalue weighted by molar-refractivity contribution is 0.0378. The Bertz CT molecular complexity index is 1400. The number of hydrogen-bond donors (Lipinski definition) is 4. The van der Waals surface area contributed by atoms with Crippen molar-refractivity contribution in [3.63, 3.8) is 0 Å². The number of nitrogens with one attached hydrogen (secondary N) is 3. The normalized spacial score (nSPS) is 13.8. The molecule has 1 aliphatic heterocycles. The number of benzene rings is 2. The van der Waals surface area contributed by atoms with Crippen LogP contribution in [-0.2, 0) is 4.74 Å². The van der Waals surface area contributed by atoms with Crippen LogP contribution in [0, 0.1) is 6.92 Å². The summed E-state index contributed by atoms with van der Waals surface area (Å²) in [4.78, 5) is 15.8. The molecule has 5 rings (SSSR count). The predicted octanol–water partition coefficient (Wildman–Crippen LogP) is 4.88. The summed E-state index contributed by atoms with van der Waals surface area (Å²) >= 11 is 0. The zero-order chi connectivity index (χ0) is 27.6. The minimum atomic E-state index is 0.253. The maximum Gasteiger partial charge on any atom is 0.245 e. The Kier molecular flexibility index (Phi) is 9.13. The van der Waals surface area contributed by atoms with Crippen LogP contribution in [0.1, 0.15) is 17.8 Å². The van der Waals surface area contributed by atoms with E-state index in [1.54, 1.807) is 24.5 Å². The van der Waals surface area contributed by atoms with Gasteiger partial charge in [0.05, 0.1) is 37.0 Å². The molecule has 0 saturated carbocycles. The summed E-state index contributed by atoms with van der Waals surface area (Å²) in [5, 5.41) is 20.7. The van der Waals surface area contributed by atoms with Gasteiger partial charge in [-0.1, -0.05) is 24.3 Å². The molecule has 4 aromatic rings. The van der Waals surface area contributed by atoms with Gasteiger partial charge < -0.3 is 20.5 Å². The maximum atomic E-state index is 9.71. The Morgan fingerprint density at radius 2 is 1.80 bits per heavy atom. The lowest BCUT2D eigenvalue weighted by atomic mass is 10.1. The van der Waals surface area contributed by atoms with E-state index in [2.05, 4.69) is 41.0 Å². The Balaban J connectivity index is 1.09. The molecule has 0 bridgehead atoms. The lowest BCUT2D eigenvalue weighted by Gasteiger charge is -2.26. The number of pyridine rings is 1. The number of phenols is 1. The van der Waals surface area contributed by atoms with Crippen LogP contribution in [0.2, 0.25) is 0 Å². The van der Waals surface area contributed by atoms with Crippen LogP contribution >= 0.6 is 0 Å². The molecule has 40 heavy (non-hydrogen) atoms. The average Bonchev–Trinajstić information content (AvgIpc) is 2.97. The number of aromatic nitrogens is 3. The summed E-state index contributed by atoms with van der Waals surface area (Å²) in [6.07, 6.45) is 4.42. The fourth-order valence-corrected chi connectivity index (χ4v) is 4.36. The zero-order valence-electron chi connectivity index (χ0n) is 22.5. The first kappa shape index (κ1) is 27.0. The molecular formula is C30H34N8O2. The van der Waals surface area contributed by atoms with E-state index in [4.69, 9.17) is 4.74 Å². The number of hydrogen-bond acceptors (Lipinski definition) is 10. The van der Waals surface area contributed by atoms with Crippen molar-refractivity contribution in [1.82, 2.24) is 19.9 Å². The molecule has 0 radical (unpaired) electrons. The van der Waals surface area contributed by atoms with Crippen molar-refractivity contribution in [2.75, 3.05) is 55.5 Å². The molecule has 1 fully saturated rings. The molecule has 2 aromatic heterocycles. The van der Waals surface area contributed by atoms with E-state index < -0.39 is 0 Å². The van der Waals surface area contributed by atoms with E-state index >= 15 is 0 Å².